The molecule has 0 bridgehead atoms. The molecule has 172 valence electrons. The molecule has 0 saturated carbocycles. The highest BCUT2D eigenvalue weighted by molar-refractivity contribution is 7.99. The van der Waals surface area contributed by atoms with Crippen molar-refractivity contribution in [3.8, 4) is 17.1 Å². The van der Waals surface area contributed by atoms with Gasteiger partial charge in [0.05, 0.1) is 29.8 Å². The molecule has 3 aromatic carbocycles. The van der Waals surface area contributed by atoms with Crippen LogP contribution in [0.5, 0.6) is 0 Å². The molecule has 4 aromatic rings. The Bertz CT molecular complexity index is 1360. The lowest BCUT2D eigenvalue weighted by molar-refractivity contribution is -0.113. The maximum atomic E-state index is 12.7. The molecule has 0 spiro atoms. The first-order valence-corrected chi connectivity index (χ1v) is 11.7. The van der Waals surface area contributed by atoms with Crippen molar-refractivity contribution in [3.05, 3.63) is 88.9 Å². The van der Waals surface area contributed by atoms with Crippen LogP contribution < -0.4 is 5.32 Å². The highest BCUT2D eigenvalue weighted by Crippen LogP contribution is 2.29. The third-order valence-corrected chi connectivity index (χ3v) is 6.08. The van der Waals surface area contributed by atoms with Crippen molar-refractivity contribution < 1.29 is 14.3 Å². The number of amides is 1. The average Bonchev–Trinajstić information content (AvgIpc) is 3.27. The number of ether oxygens (including phenoxy) is 1. The summed E-state index contributed by atoms with van der Waals surface area (Å²) in [5, 5.41) is 12.6. The van der Waals surface area contributed by atoms with Crippen LogP contribution in [-0.4, -0.2) is 39.5 Å². The predicted molar refractivity (Wildman–Crippen MR) is 134 cm³/mol. The van der Waals surface area contributed by atoms with Crippen molar-refractivity contribution in [1.29, 1.82) is 0 Å². The van der Waals surface area contributed by atoms with Crippen molar-refractivity contribution in [1.82, 2.24) is 14.8 Å². The zero-order valence-electron chi connectivity index (χ0n) is 18.5. The summed E-state index contributed by atoms with van der Waals surface area (Å²) in [4.78, 5) is 24.7. The summed E-state index contributed by atoms with van der Waals surface area (Å²) >= 11 is 7.48. The van der Waals surface area contributed by atoms with Gasteiger partial charge in [0.15, 0.2) is 11.0 Å². The molecule has 0 unspecified atom stereocenters. The minimum Gasteiger partial charge on any atom is -0.465 e. The molecule has 4 rings (SSSR count). The minimum atomic E-state index is -0.521. The number of hydrogen-bond acceptors (Lipinski definition) is 6. The summed E-state index contributed by atoms with van der Waals surface area (Å²) < 4.78 is 6.66. The molecule has 0 atom stereocenters. The van der Waals surface area contributed by atoms with Gasteiger partial charge in [-0.05, 0) is 43.3 Å². The van der Waals surface area contributed by atoms with Crippen LogP contribution in [0.25, 0.3) is 17.1 Å². The van der Waals surface area contributed by atoms with Crippen LogP contribution >= 0.6 is 23.4 Å². The number of carbonyl (C=O) groups is 2. The van der Waals surface area contributed by atoms with Crippen LogP contribution in [0.1, 0.15) is 15.9 Å². The van der Waals surface area contributed by atoms with Crippen molar-refractivity contribution >= 4 is 40.9 Å². The van der Waals surface area contributed by atoms with Gasteiger partial charge in [-0.3, -0.25) is 9.36 Å². The first kappa shape index (κ1) is 23.5. The van der Waals surface area contributed by atoms with E-state index in [-0.39, 0.29) is 17.2 Å². The molecule has 0 aliphatic heterocycles. The van der Waals surface area contributed by atoms with Crippen LogP contribution in [0, 0.1) is 6.92 Å². The fraction of sp³-hybridized carbons (Fsp3) is 0.120. The smallest absolute Gasteiger partial charge is 0.339 e. The Morgan fingerprint density at radius 1 is 1.03 bits per heavy atom. The quantitative estimate of drug-likeness (QED) is 0.274. The van der Waals surface area contributed by atoms with Gasteiger partial charge in [-0.2, -0.15) is 0 Å². The van der Waals surface area contributed by atoms with Gasteiger partial charge in [-0.25, -0.2) is 4.79 Å². The van der Waals surface area contributed by atoms with E-state index in [1.807, 2.05) is 54.0 Å². The van der Waals surface area contributed by atoms with E-state index in [9.17, 15) is 9.59 Å². The van der Waals surface area contributed by atoms with Gasteiger partial charge in [0.1, 0.15) is 0 Å². The van der Waals surface area contributed by atoms with E-state index in [0.29, 0.717) is 21.7 Å². The summed E-state index contributed by atoms with van der Waals surface area (Å²) in [6, 6.07) is 22.0. The Labute approximate surface area is 206 Å². The monoisotopic (exact) mass is 492 g/mol. The van der Waals surface area contributed by atoms with Gasteiger partial charge >= 0.3 is 5.97 Å². The lowest BCUT2D eigenvalue weighted by Gasteiger charge is -2.12. The second kappa shape index (κ2) is 10.5. The number of thioether (sulfide) groups is 1. The molecule has 1 amide bonds. The van der Waals surface area contributed by atoms with E-state index in [2.05, 4.69) is 15.5 Å². The Balaban J connectivity index is 1.60. The second-order valence-corrected chi connectivity index (χ2v) is 8.74. The van der Waals surface area contributed by atoms with E-state index in [0.717, 1.165) is 16.8 Å². The number of aromatic nitrogens is 3. The molecule has 7 nitrogen and oxygen atoms in total. The average molecular weight is 493 g/mol. The summed E-state index contributed by atoms with van der Waals surface area (Å²) in [5.74, 6) is -0.113. The molecular formula is C25H21ClN4O3S. The molecule has 0 aliphatic rings. The number of carbonyl (C=O) groups excluding carboxylic acids is 2. The zero-order chi connectivity index (χ0) is 24.1. The number of nitrogens with zero attached hydrogens (tertiary/aromatic N) is 3. The number of rotatable bonds is 7. The lowest BCUT2D eigenvalue weighted by Crippen LogP contribution is -2.17. The Kier molecular flexibility index (Phi) is 7.30. The molecule has 1 heterocycles. The first-order chi connectivity index (χ1) is 16.5. The molecule has 34 heavy (non-hydrogen) atoms. The standard InChI is InChI=1S/C25H21ClN4O3S/c1-16-7-5-8-17(13-16)23-28-29-25(30(23)19-10-6-9-18(26)14-19)34-15-22(31)27-21-12-4-3-11-20(21)24(32)33-2/h3-14H,15H2,1-2H3,(H,27,31). The summed E-state index contributed by atoms with van der Waals surface area (Å²) in [6.07, 6.45) is 0. The van der Waals surface area contributed by atoms with Crippen LogP contribution in [0.4, 0.5) is 5.69 Å². The van der Waals surface area contributed by atoms with Crippen LogP contribution in [-0.2, 0) is 9.53 Å². The molecule has 0 aliphatic carbocycles. The number of halogens is 1. The van der Waals surface area contributed by atoms with E-state index in [1.165, 1.54) is 18.9 Å². The van der Waals surface area contributed by atoms with E-state index in [1.54, 1.807) is 30.3 Å². The Morgan fingerprint density at radius 2 is 1.82 bits per heavy atom. The fourth-order valence-electron chi connectivity index (χ4n) is 3.38. The van der Waals surface area contributed by atoms with Crippen molar-refractivity contribution in [2.75, 3.05) is 18.2 Å². The summed E-state index contributed by atoms with van der Waals surface area (Å²) in [6.45, 7) is 2.01. The van der Waals surface area contributed by atoms with Crippen LogP contribution in [0.3, 0.4) is 0 Å². The molecule has 0 radical (unpaired) electrons. The van der Waals surface area contributed by atoms with E-state index in [4.69, 9.17) is 16.3 Å². The number of methoxy groups -OCH3 is 1. The number of esters is 1. The third-order valence-electron chi connectivity index (χ3n) is 4.91. The maximum Gasteiger partial charge on any atom is 0.339 e. The number of anilines is 1. The topological polar surface area (TPSA) is 86.1 Å². The second-order valence-electron chi connectivity index (χ2n) is 7.36. The number of nitrogens with one attached hydrogen (secondary N) is 1. The van der Waals surface area contributed by atoms with Gasteiger partial charge in [-0.1, -0.05) is 65.3 Å². The number of hydrogen-bond donors (Lipinski definition) is 1. The van der Waals surface area contributed by atoms with Gasteiger partial charge in [0, 0.05) is 10.6 Å². The largest absolute Gasteiger partial charge is 0.465 e. The molecule has 9 heteroatoms. The molecule has 0 fully saturated rings. The fourth-order valence-corrected chi connectivity index (χ4v) is 4.32. The van der Waals surface area contributed by atoms with Crippen molar-refractivity contribution in [3.63, 3.8) is 0 Å². The zero-order valence-corrected chi connectivity index (χ0v) is 20.1. The maximum absolute atomic E-state index is 12.7. The summed E-state index contributed by atoms with van der Waals surface area (Å²) in [5.41, 5.74) is 3.45. The van der Waals surface area contributed by atoms with Crippen molar-refractivity contribution in [2.24, 2.45) is 0 Å². The summed E-state index contributed by atoms with van der Waals surface area (Å²) in [7, 11) is 1.30. The van der Waals surface area contributed by atoms with Crippen molar-refractivity contribution in [2.45, 2.75) is 12.1 Å². The van der Waals surface area contributed by atoms with E-state index >= 15 is 0 Å². The molecule has 1 N–H and O–H groups in total. The first-order valence-electron chi connectivity index (χ1n) is 10.3. The number of aryl methyl sites for hydroxylation is 1. The number of para-hydroxylation sites is 1. The van der Waals surface area contributed by atoms with Gasteiger partial charge in [0.2, 0.25) is 5.91 Å². The van der Waals surface area contributed by atoms with Gasteiger partial charge in [0.25, 0.3) is 0 Å². The minimum absolute atomic E-state index is 0.0576. The van der Waals surface area contributed by atoms with Crippen LogP contribution in [0.15, 0.2) is 78.0 Å². The van der Waals surface area contributed by atoms with Gasteiger partial charge < -0.3 is 10.1 Å². The Hall–Kier alpha value is -3.62. The normalized spacial score (nSPS) is 10.7. The number of benzene rings is 3. The third kappa shape index (κ3) is 5.30. The van der Waals surface area contributed by atoms with Crippen LogP contribution in [0.2, 0.25) is 5.02 Å². The molecule has 0 saturated heterocycles. The molecule has 1 aromatic heterocycles. The molecular weight excluding hydrogens is 472 g/mol. The predicted octanol–water partition coefficient (Wildman–Crippen LogP) is 5.41. The highest BCUT2D eigenvalue weighted by atomic mass is 35.5. The van der Waals surface area contributed by atoms with E-state index < -0.39 is 5.97 Å². The lowest BCUT2D eigenvalue weighted by atomic mass is 10.1. The highest BCUT2D eigenvalue weighted by Gasteiger charge is 2.19. The van der Waals surface area contributed by atoms with Gasteiger partial charge in [-0.15, -0.1) is 10.2 Å². The SMILES string of the molecule is COC(=O)c1ccccc1NC(=O)CSc1nnc(-c2cccc(C)c2)n1-c1cccc(Cl)c1. The Morgan fingerprint density at radius 3 is 2.59 bits per heavy atom.